The molecule has 0 aliphatic rings. The zero-order valence-electron chi connectivity index (χ0n) is 6.64. The molecular weight excluding hydrogens is 173 g/mol. The lowest BCUT2D eigenvalue weighted by Crippen LogP contribution is -2.07. The van der Waals surface area contributed by atoms with Crippen LogP contribution in [0, 0.1) is 0 Å². The van der Waals surface area contributed by atoms with E-state index in [0.717, 1.165) is 0 Å². The van der Waals surface area contributed by atoms with Gasteiger partial charge in [0.2, 0.25) is 0 Å². The van der Waals surface area contributed by atoms with Crippen molar-refractivity contribution < 1.29 is 23.4 Å². The van der Waals surface area contributed by atoms with Crippen LogP contribution >= 0.6 is 0 Å². The Bertz CT molecular complexity index is 112. The molecule has 0 aromatic carbocycles. The molecule has 0 amide bonds. The first-order valence-electron chi connectivity index (χ1n) is 3.85. The fraction of sp³-hybridized carbons (Fsp3) is 1.00. The van der Waals surface area contributed by atoms with Crippen molar-refractivity contribution in [2.24, 2.45) is 0 Å². The Balaban J connectivity index is 3.12. The Morgan fingerprint density at radius 2 is 1.58 bits per heavy atom. The molecule has 0 saturated carbocycles. The van der Waals surface area contributed by atoms with Gasteiger partial charge in [-0.15, -0.1) is 0 Å². The van der Waals surface area contributed by atoms with Crippen LogP contribution in [0.3, 0.4) is 0 Å². The van der Waals surface area contributed by atoms with Crippen LogP contribution in [0.4, 0.5) is 13.2 Å². The average Bonchev–Trinajstić information content (AvgIpc) is 1.83. The van der Waals surface area contributed by atoms with Crippen LogP contribution in [0.5, 0.6) is 0 Å². The maximum atomic E-state index is 11.5. The highest BCUT2D eigenvalue weighted by Crippen LogP contribution is 2.22. The second-order valence-corrected chi connectivity index (χ2v) is 2.70. The normalized spacial score (nSPS) is 12.5. The molecule has 0 atom stereocenters. The van der Waals surface area contributed by atoms with Crippen LogP contribution in [0.15, 0.2) is 0 Å². The predicted molar refractivity (Wildman–Crippen MR) is 37.4 cm³/mol. The van der Waals surface area contributed by atoms with Gasteiger partial charge in [0.25, 0.3) is 0 Å². The van der Waals surface area contributed by atoms with E-state index < -0.39 is 18.9 Å². The van der Waals surface area contributed by atoms with Gasteiger partial charge in [0.15, 0.2) is 6.29 Å². The minimum absolute atomic E-state index is 0.0657. The number of alkyl halides is 3. The Morgan fingerprint density at radius 3 is 2.00 bits per heavy atom. The van der Waals surface area contributed by atoms with Crippen molar-refractivity contribution in [3.63, 3.8) is 0 Å². The van der Waals surface area contributed by atoms with Gasteiger partial charge < -0.3 is 10.2 Å². The number of rotatable bonds is 5. The minimum atomic E-state index is -4.09. The molecule has 0 heterocycles. The smallest absolute Gasteiger partial charge is 0.368 e. The van der Waals surface area contributed by atoms with Gasteiger partial charge in [-0.05, 0) is 19.3 Å². The van der Waals surface area contributed by atoms with Crippen molar-refractivity contribution in [1.29, 1.82) is 0 Å². The maximum Gasteiger partial charge on any atom is 0.389 e. The maximum absolute atomic E-state index is 11.5. The summed E-state index contributed by atoms with van der Waals surface area (Å²) in [6, 6.07) is 0. The lowest BCUT2D eigenvalue weighted by Gasteiger charge is -2.05. The van der Waals surface area contributed by atoms with Crippen molar-refractivity contribution in [2.75, 3.05) is 0 Å². The molecule has 0 aliphatic heterocycles. The first-order chi connectivity index (χ1) is 5.42. The number of halogens is 3. The Morgan fingerprint density at radius 1 is 1.00 bits per heavy atom. The van der Waals surface area contributed by atoms with Gasteiger partial charge in [-0.2, -0.15) is 13.2 Å². The summed E-state index contributed by atoms with van der Waals surface area (Å²) in [5.74, 6) is 0. The van der Waals surface area contributed by atoms with E-state index in [0.29, 0.717) is 12.8 Å². The summed E-state index contributed by atoms with van der Waals surface area (Å²) in [6.07, 6.45) is -5.23. The fourth-order valence-corrected chi connectivity index (χ4v) is 0.829. The minimum Gasteiger partial charge on any atom is -0.368 e. The molecule has 2 nitrogen and oxygen atoms in total. The summed E-state index contributed by atoms with van der Waals surface area (Å²) in [4.78, 5) is 0. The van der Waals surface area contributed by atoms with E-state index in [1.807, 2.05) is 0 Å². The van der Waals surface area contributed by atoms with Gasteiger partial charge in [-0.3, -0.25) is 0 Å². The van der Waals surface area contributed by atoms with Gasteiger partial charge >= 0.3 is 6.18 Å². The molecule has 0 aliphatic carbocycles. The van der Waals surface area contributed by atoms with Crippen molar-refractivity contribution in [3.8, 4) is 0 Å². The van der Waals surface area contributed by atoms with Crippen LogP contribution in [-0.2, 0) is 0 Å². The molecule has 0 bridgehead atoms. The molecule has 5 heteroatoms. The van der Waals surface area contributed by atoms with E-state index in [1.54, 1.807) is 0 Å². The van der Waals surface area contributed by atoms with Crippen LogP contribution in [-0.4, -0.2) is 22.7 Å². The highest BCUT2D eigenvalue weighted by Gasteiger charge is 2.25. The summed E-state index contributed by atoms with van der Waals surface area (Å²) < 4.78 is 34.6. The summed E-state index contributed by atoms with van der Waals surface area (Å²) in [5, 5.41) is 16.7. The van der Waals surface area contributed by atoms with Crippen molar-refractivity contribution in [2.45, 2.75) is 44.6 Å². The van der Waals surface area contributed by atoms with Crippen LogP contribution in [0.25, 0.3) is 0 Å². The summed E-state index contributed by atoms with van der Waals surface area (Å²) in [7, 11) is 0. The molecular formula is C7H13F3O2. The lowest BCUT2D eigenvalue weighted by atomic mass is 10.1. The molecule has 0 fully saturated rings. The Hall–Kier alpha value is -0.290. The van der Waals surface area contributed by atoms with E-state index in [-0.39, 0.29) is 12.8 Å². The molecule has 12 heavy (non-hydrogen) atoms. The molecule has 0 unspecified atom stereocenters. The molecule has 0 spiro atoms. The third-order valence-corrected chi connectivity index (χ3v) is 1.42. The monoisotopic (exact) mass is 186 g/mol. The van der Waals surface area contributed by atoms with Crippen LogP contribution in [0.1, 0.15) is 32.1 Å². The van der Waals surface area contributed by atoms with E-state index >= 15 is 0 Å². The third-order valence-electron chi connectivity index (χ3n) is 1.42. The topological polar surface area (TPSA) is 40.5 Å². The summed E-state index contributed by atoms with van der Waals surface area (Å²) >= 11 is 0. The highest BCUT2D eigenvalue weighted by atomic mass is 19.4. The lowest BCUT2D eigenvalue weighted by molar-refractivity contribution is -0.135. The van der Waals surface area contributed by atoms with E-state index in [9.17, 15) is 13.2 Å². The number of hydrogen-bond acceptors (Lipinski definition) is 2. The van der Waals surface area contributed by atoms with Gasteiger partial charge in [0.1, 0.15) is 0 Å². The second-order valence-electron chi connectivity index (χ2n) is 2.70. The van der Waals surface area contributed by atoms with E-state index in [1.165, 1.54) is 0 Å². The summed E-state index contributed by atoms with van der Waals surface area (Å²) in [6.45, 7) is 0. The molecule has 74 valence electrons. The number of aliphatic hydroxyl groups is 2. The molecule has 0 radical (unpaired) electrons. The Labute approximate surface area is 69.0 Å². The van der Waals surface area contributed by atoms with Crippen molar-refractivity contribution in [3.05, 3.63) is 0 Å². The number of unbranched alkanes of at least 4 members (excludes halogenated alkanes) is 2. The molecule has 0 aromatic heterocycles. The molecule has 2 N–H and O–H groups in total. The first-order valence-corrected chi connectivity index (χ1v) is 3.85. The van der Waals surface area contributed by atoms with E-state index in [2.05, 4.69) is 0 Å². The highest BCUT2D eigenvalue weighted by molar-refractivity contribution is 4.51. The van der Waals surface area contributed by atoms with Crippen LogP contribution in [0.2, 0.25) is 0 Å². The average molecular weight is 186 g/mol. The first kappa shape index (κ1) is 11.7. The molecule has 0 saturated heterocycles. The van der Waals surface area contributed by atoms with Gasteiger partial charge in [-0.25, -0.2) is 0 Å². The summed E-state index contributed by atoms with van der Waals surface area (Å²) in [5.41, 5.74) is 0. The van der Waals surface area contributed by atoms with Gasteiger partial charge in [0.05, 0.1) is 0 Å². The van der Waals surface area contributed by atoms with Gasteiger partial charge in [0, 0.05) is 6.42 Å². The molecule has 0 aromatic rings. The zero-order valence-corrected chi connectivity index (χ0v) is 6.64. The van der Waals surface area contributed by atoms with Gasteiger partial charge in [-0.1, -0.05) is 6.42 Å². The number of aliphatic hydroxyl groups excluding tert-OH is 1. The SMILES string of the molecule is OC(O)CCCCCC(F)(F)F. The largest absolute Gasteiger partial charge is 0.389 e. The second kappa shape index (κ2) is 5.37. The quantitative estimate of drug-likeness (QED) is 0.507. The predicted octanol–water partition coefficient (Wildman–Crippen LogP) is 1.81. The standard InChI is InChI=1S/C7H13F3O2/c8-7(9,10)5-3-1-2-4-6(11)12/h6,11-12H,1-5H2. The fourth-order valence-electron chi connectivity index (χ4n) is 0.829. The van der Waals surface area contributed by atoms with Crippen molar-refractivity contribution in [1.82, 2.24) is 0 Å². The van der Waals surface area contributed by atoms with Crippen LogP contribution < -0.4 is 0 Å². The van der Waals surface area contributed by atoms with Crippen molar-refractivity contribution >= 4 is 0 Å². The third kappa shape index (κ3) is 9.71. The Kier molecular flexibility index (Phi) is 5.24. The number of hydrogen-bond donors (Lipinski definition) is 2. The molecule has 0 rings (SSSR count). The van der Waals surface area contributed by atoms with E-state index in [4.69, 9.17) is 10.2 Å². The zero-order chi connectivity index (χ0) is 9.61.